The first-order valence-electron chi connectivity index (χ1n) is 2.49. The van der Waals surface area contributed by atoms with Gasteiger partial charge in [-0.1, -0.05) is 0 Å². The summed E-state index contributed by atoms with van der Waals surface area (Å²) in [7, 11) is 0. The van der Waals surface area contributed by atoms with E-state index in [-0.39, 0.29) is 12.6 Å². The zero-order valence-electron chi connectivity index (χ0n) is 4.71. The van der Waals surface area contributed by atoms with E-state index in [2.05, 4.69) is 0 Å². The molecule has 0 aliphatic carbocycles. The van der Waals surface area contributed by atoms with Gasteiger partial charge >= 0.3 is 0 Å². The highest BCUT2D eigenvalue weighted by molar-refractivity contribution is 7.88. The third kappa shape index (κ3) is 4.09. The molecule has 8 heavy (non-hydrogen) atoms. The lowest BCUT2D eigenvalue weighted by Crippen LogP contribution is -2.24. The van der Waals surface area contributed by atoms with Crippen molar-refractivity contribution in [3.05, 3.63) is 0 Å². The Kier molecular flexibility index (Phi) is 5.01. The smallest absolute Gasteiger partial charge is 0.0582 e. The number of rotatable bonds is 3. The van der Waals surface area contributed by atoms with E-state index >= 15 is 0 Å². The van der Waals surface area contributed by atoms with Gasteiger partial charge in [0.15, 0.2) is 0 Å². The summed E-state index contributed by atoms with van der Waals surface area (Å²) in [6, 6.07) is -0.0916. The lowest BCUT2D eigenvalue weighted by Gasteiger charge is -2.02. The van der Waals surface area contributed by atoms with Gasteiger partial charge in [-0.25, -0.2) is 0 Å². The van der Waals surface area contributed by atoms with Crippen LogP contribution in [-0.4, -0.2) is 23.5 Å². The third-order valence-electron chi connectivity index (χ3n) is 0.841. The van der Waals surface area contributed by atoms with E-state index in [0.717, 1.165) is 12.2 Å². The van der Waals surface area contributed by atoms with Crippen LogP contribution < -0.4 is 5.73 Å². The molecule has 1 atom stereocenters. The molecule has 2 nitrogen and oxygen atoms in total. The van der Waals surface area contributed by atoms with E-state index < -0.39 is 0 Å². The Balaban J connectivity index is 3.01. The van der Waals surface area contributed by atoms with Crippen LogP contribution in [0, 0.1) is 5.69 Å². The molecule has 1 unspecified atom stereocenters. The first kappa shape index (κ1) is 7.92. The maximum Gasteiger partial charge on any atom is 0.0582 e. The maximum absolute atomic E-state index is 8.39. The van der Waals surface area contributed by atoms with Crippen molar-refractivity contribution in [1.82, 2.24) is 0 Å². The summed E-state index contributed by atoms with van der Waals surface area (Å²) in [5, 5.41) is 8.39. The highest BCUT2D eigenvalue weighted by Crippen LogP contribution is 1.89. The second-order valence-electron chi connectivity index (χ2n) is 1.60. The average molecular weight is 133 g/mol. The molecule has 0 heterocycles. The van der Waals surface area contributed by atoms with Gasteiger partial charge in [0.1, 0.15) is 0 Å². The van der Waals surface area contributed by atoms with Gasteiger partial charge in [-0.15, -0.1) is 16.9 Å². The Morgan fingerprint density at radius 2 is 2.38 bits per heavy atom. The summed E-state index contributed by atoms with van der Waals surface area (Å²) in [6.45, 7) is 0.0561. The van der Waals surface area contributed by atoms with E-state index in [0.29, 0.717) is 0 Å². The summed E-state index contributed by atoms with van der Waals surface area (Å²) in [5.41, 5.74) is 10.5. The van der Waals surface area contributed by atoms with Crippen LogP contribution in [0.2, 0.25) is 0 Å². The highest BCUT2D eigenvalue weighted by atomic mass is 32.1. The van der Waals surface area contributed by atoms with Gasteiger partial charge in [0.05, 0.1) is 6.61 Å². The fourth-order valence-corrected chi connectivity index (χ4v) is 0.750. The van der Waals surface area contributed by atoms with Crippen LogP contribution in [-0.2, 0) is 0 Å². The van der Waals surface area contributed by atoms with Gasteiger partial charge in [0, 0.05) is 11.8 Å². The van der Waals surface area contributed by atoms with Gasteiger partial charge in [-0.3, -0.25) is 0 Å². The molecular weight excluding hydrogens is 122 g/mol. The Morgan fingerprint density at radius 3 is 2.75 bits per heavy atom. The highest BCUT2D eigenvalue weighted by Gasteiger charge is 1.95. The molecule has 0 aromatic rings. The molecule has 3 heteroatoms. The molecule has 0 rings (SSSR count). The molecule has 0 aromatic carbocycles. The van der Waals surface area contributed by atoms with Gasteiger partial charge in [0.2, 0.25) is 0 Å². The lowest BCUT2D eigenvalue weighted by atomic mass is 10.3. The largest absolute Gasteiger partial charge is 0.395 e. The molecule has 0 aromatic heterocycles. The Morgan fingerprint density at radius 1 is 1.75 bits per heavy atom. The summed E-state index contributed by atoms with van der Waals surface area (Å²) >= 11 is 1.25. The molecule has 0 aliphatic heterocycles. The van der Waals surface area contributed by atoms with Gasteiger partial charge in [0.25, 0.3) is 0 Å². The van der Waals surface area contributed by atoms with E-state index in [1.807, 2.05) is 0 Å². The Bertz CT molecular complexity index is 88.9. The number of aliphatic hydroxyl groups is 1. The van der Waals surface area contributed by atoms with Crippen molar-refractivity contribution >= 4 is 11.2 Å². The molecule has 3 N–H and O–H groups in total. The first-order chi connectivity index (χ1) is 3.81. The Labute approximate surface area is 53.3 Å². The molecule has 0 radical (unpaired) electrons. The average Bonchev–Trinajstić information content (AvgIpc) is 1.83. The quantitative estimate of drug-likeness (QED) is 0.570. The van der Waals surface area contributed by atoms with Crippen LogP contribution in [0.5, 0.6) is 0 Å². The van der Waals surface area contributed by atoms with Crippen molar-refractivity contribution in [3.63, 3.8) is 0 Å². The zero-order chi connectivity index (χ0) is 6.41. The maximum atomic E-state index is 8.39. The summed E-state index contributed by atoms with van der Waals surface area (Å²) in [5.74, 6) is 0.821. The van der Waals surface area contributed by atoms with Crippen LogP contribution in [0.25, 0.3) is 0 Å². The molecule has 0 bridgehead atoms. The van der Waals surface area contributed by atoms with Crippen molar-refractivity contribution in [2.45, 2.75) is 12.5 Å². The zero-order valence-corrected chi connectivity index (χ0v) is 5.53. The van der Waals surface area contributed by atoms with E-state index in [9.17, 15) is 0 Å². The number of nitrogens with two attached hydrogens (primary N) is 1. The van der Waals surface area contributed by atoms with E-state index in [1.165, 1.54) is 11.2 Å². The predicted molar refractivity (Wildman–Crippen MR) is 37.1 cm³/mol. The standard InChI is InChI=1S/C5H11NOS/c1-8-3-2-5(6)4-7/h1,5,7H,2-4,6H2. The predicted octanol–water partition coefficient (Wildman–Crippen LogP) is 0.0183. The monoisotopic (exact) mass is 133 g/mol. The molecular formula is C5H11NOS. The second-order valence-corrected chi connectivity index (χ2v) is 2.34. The van der Waals surface area contributed by atoms with E-state index in [4.69, 9.17) is 16.5 Å². The SMILES string of the molecule is C#SCCC(N)CO. The second kappa shape index (κ2) is 5.06. The van der Waals surface area contributed by atoms with Crippen LogP contribution in [0.15, 0.2) is 0 Å². The van der Waals surface area contributed by atoms with Gasteiger partial charge in [-0.05, 0) is 6.42 Å². The third-order valence-corrected chi connectivity index (χ3v) is 1.31. The summed E-state index contributed by atoms with van der Waals surface area (Å²) < 4.78 is 0. The molecule has 48 valence electrons. The molecule has 0 saturated heterocycles. The lowest BCUT2D eigenvalue weighted by molar-refractivity contribution is 0.264. The number of aliphatic hydroxyl groups excluding tert-OH is 1. The molecule has 0 saturated carbocycles. The van der Waals surface area contributed by atoms with Crippen molar-refractivity contribution < 1.29 is 5.11 Å². The molecule has 0 amide bonds. The van der Waals surface area contributed by atoms with Crippen LogP contribution in [0.3, 0.4) is 0 Å². The van der Waals surface area contributed by atoms with Crippen molar-refractivity contribution in [2.75, 3.05) is 12.4 Å². The minimum atomic E-state index is -0.0916. The van der Waals surface area contributed by atoms with Gasteiger partial charge in [-0.2, -0.15) is 0 Å². The van der Waals surface area contributed by atoms with Gasteiger partial charge < -0.3 is 10.8 Å². The fourth-order valence-electron chi connectivity index (χ4n) is 0.311. The normalized spacial score (nSPS) is 13.1. The van der Waals surface area contributed by atoms with Crippen molar-refractivity contribution in [1.29, 1.82) is 0 Å². The number of hydrogen-bond acceptors (Lipinski definition) is 2. The van der Waals surface area contributed by atoms with E-state index in [1.54, 1.807) is 0 Å². The summed E-state index contributed by atoms with van der Waals surface area (Å²) in [4.78, 5) is 0. The van der Waals surface area contributed by atoms with Crippen LogP contribution in [0.1, 0.15) is 6.42 Å². The molecule has 0 spiro atoms. The fraction of sp³-hybridized carbons (Fsp3) is 0.800. The van der Waals surface area contributed by atoms with Crippen molar-refractivity contribution in [3.8, 4) is 5.69 Å². The summed E-state index contributed by atoms with van der Waals surface area (Å²) in [6.07, 6.45) is 0.789. The Hall–Kier alpha value is -0.0800. The minimum absolute atomic E-state index is 0.0561. The van der Waals surface area contributed by atoms with Crippen LogP contribution >= 0.6 is 11.2 Å². The first-order valence-corrected chi connectivity index (χ1v) is 3.54. The number of hydrogen-bond donors (Lipinski definition) is 2. The minimum Gasteiger partial charge on any atom is -0.395 e. The molecule has 0 fully saturated rings. The van der Waals surface area contributed by atoms with Crippen molar-refractivity contribution in [2.24, 2.45) is 5.73 Å². The molecule has 0 aliphatic rings. The van der Waals surface area contributed by atoms with Crippen LogP contribution in [0.4, 0.5) is 0 Å². The topological polar surface area (TPSA) is 46.2 Å².